The average molecular weight is 279 g/mol. The maximum atomic E-state index is 14.0. The van der Waals surface area contributed by atoms with Crippen LogP contribution in [0.3, 0.4) is 0 Å². The summed E-state index contributed by atoms with van der Waals surface area (Å²) in [5.74, 6) is -0.214. The maximum absolute atomic E-state index is 14.0. The topological polar surface area (TPSA) is 43.8 Å². The van der Waals surface area contributed by atoms with Gasteiger partial charge in [0.05, 0.1) is 4.90 Å². The van der Waals surface area contributed by atoms with Crippen LogP contribution in [0, 0.1) is 5.82 Å². The first-order valence-corrected chi connectivity index (χ1v) is 7.11. The van der Waals surface area contributed by atoms with E-state index in [0.717, 1.165) is 17.1 Å². The Morgan fingerprint density at radius 3 is 2.84 bits per heavy atom. The van der Waals surface area contributed by atoms with Gasteiger partial charge in [-0.25, -0.2) is 9.37 Å². The molecule has 1 aromatic heterocycles. The molecule has 1 aromatic carbocycles. The van der Waals surface area contributed by atoms with Gasteiger partial charge < -0.3 is 10.3 Å². The van der Waals surface area contributed by atoms with Crippen molar-refractivity contribution < 1.29 is 4.39 Å². The highest BCUT2D eigenvalue weighted by atomic mass is 32.2. The van der Waals surface area contributed by atoms with Gasteiger partial charge in [-0.3, -0.25) is 0 Å². The van der Waals surface area contributed by atoms with E-state index >= 15 is 0 Å². The van der Waals surface area contributed by atoms with Crippen LogP contribution in [-0.2, 0) is 13.5 Å². The fraction of sp³-hybridized carbons (Fsp3) is 0.357. The van der Waals surface area contributed by atoms with E-state index in [-0.39, 0.29) is 11.9 Å². The first kappa shape index (κ1) is 14.1. The molecule has 2 aromatic rings. The number of hydrogen-bond donors (Lipinski definition) is 1. The molecule has 19 heavy (non-hydrogen) atoms. The fourth-order valence-corrected chi connectivity index (χ4v) is 2.56. The number of hydrogen-bond acceptors (Lipinski definition) is 3. The Morgan fingerprint density at radius 2 is 2.26 bits per heavy atom. The lowest BCUT2D eigenvalue weighted by Gasteiger charge is -2.10. The van der Waals surface area contributed by atoms with E-state index in [2.05, 4.69) is 4.98 Å². The molecule has 0 aliphatic carbocycles. The lowest BCUT2D eigenvalue weighted by Crippen LogP contribution is -2.21. The number of rotatable bonds is 5. The first-order chi connectivity index (χ1) is 9.10. The lowest BCUT2D eigenvalue weighted by atomic mass is 10.0. The molecule has 0 saturated heterocycles. The van der Waals surface area contributed by atoms with Crippen molar-refractivity contribution in [2.24, 2.45) is 12.8 Å². The number of aryl methyl sites for hydroxylation is 1. The Balaban J connectivity index is 2.13. The molecule has 5 heteroatoms. The number of nitrogens with two attached hydrogens (primary N) is 1. The average Bonchev–Trinajstić information content (AvgIpc) is 2.78. The SMILES string of the molecule is CCC(N)Cc1ccc(Sc2nccn2C)c(F)c1. The standard InChI is InChI=1S/C14H18FN3S/c1-3-11(16)8-10-4-5-13(12(15)9-10)19-14-17-6-7-18(14)2/h4-7,9,11H,3,8,16H2,1-2H3. The van der Waals surface area contributed by atoms with Gasteiger partial charge in [-0.1, -0.05) is 13.0 Å². The quantitative estimate of drug-likeness (QED) is 0.915. The van der Waals surface area contributed by atoms with E-state index in [1.165, 1.54) is 11.8 Å². The Labute approximate surface area is 117 Å². The zero-order chi connectivity index (χ0) is 13.8. The molecule has 2 rings (SSSR count). The highest BCUT2D eigenvalue weighted by Gasteiger charge is 2.10. The second-order valence-electron chi connectivity index (χ2n) is 4.56. The number of benzene rings is 1. The Bertz CT molecular complexity index is 553. The molecular formula is C14H18FN3S. The third-order valence-electron chi connectivity index (χ3n) is 3.00. The summed E-state index contributed by atoms with van der Waals surface area (Å²) in [5, 5.41) is 0.775. The highest BCUT2D eigenvalue weighted by molar-refractivity contribution is 7.99. The van der Waals surface area contributed by atoms with Crippen LogP contribution in [0.5, 0.6) is 0 Å². The predicted molar refractivity (Wildman–Crippen MR) is 75.7 cm³/mol. The van der Waals surface area contributed by atoms with Crippen LogP contribution in [0.25, 0.3) is 0 Å². The summed E-state index contributed by atoms with van der Waals surface area (Å²) in [6.45, 7) is 2.03. The molecule has 0 spiro atoms. The molecule has 1 unspecified atom stereocenters. The number of nitrogens with zero attached hydrogens (tertiary/aromatic N) is 2. The van der Waals surface area contributed by atoms with Crippen molar-refractivity contribution in [2.75, 3.05) is 0 Å². The summed E-state index contributed by atoms with van der Waals surface area (Å²) in [5.41, 5.74) is 6.82. The Kier molecular flexibility index (Phi) is 4.61. The lowest BCUT2D eigenvalue weighted by molar-refractivity contribution is 0.592. The predicted octanol–water partition coefficient (Wildman–Crippen LogP) is 2.99. The maximum Gasteiger partial charge on any atom is 0.172 e. The van der Waals surface area contributed by atoms with Crippen molar-refractivity contribution >= 4 is 11.8 Å². The minimum absolute atomic E-state index is 0.0902. The van der Waals surface area contributed by atoms with E-state index < -0.39 is 0 Å². The van der Waals surface area contributed by atoms with E-state index in [9.17, 15) is 4.39 Å². The zero-order valence-electron chi connectivity index (χ0n) is 11.1. The van der Waals surface area contributed by atoms with E-state index in [0.29, 0.717) is 11.3 Å². The summed E-state index contributed by atoms with van der Waals surface area (Å²) in [4.78, 5) is 4.76. The van der Waals surface area contributed by atoms with Gasteiger partial charge in [0, 0.05) is 25.5 Å². The normalized spacial score (nSPS) is 12.6. The van der Waals surface area contributed by atoms with Gasteiger partial charge >= 0.3 is 0 Å². The summed E-state index contributed by atoms with van der Waals surface area (Å²) in [7, 11) is 1.89. The molecule has 3 nitrogen and oxygen atoms in total. The molecule has 0 amide bonds. The van der Waals surface area contributed by atoms with E-state index in [4.69, 9.17) is 5.73 Å². The fourth-order valence-electron chi connectivity index (χ4n) is 1.75. The van der Waals surface area contributed by atoms with Gasteiger partial charge in [-0.05, 0) is 42.3 Å². The van der Waals surface area contributed by atoms with Gasteiger partial charge in [0.25, 0.3) is 0 Å². The van der Waals surface area contributed by atoms with Crippen LogP contribution in [-0.4, -0.2) is 15.6 Å². The van der Waals surface area contributed by atoms with Crippen molar-refractivity contribution in [2.45, 2.75) is 35.9 Å². The molecule has 0 radical (unpaired) electrons. The Hall–Kier alpha value is -1.33. The molecule has 0 aliphatic rings. The van der Waals surface area contributed by atoms with Gasteiger partial charge in [-0.2, -0.15) is 0 Å². The van der Waals surface area contributed by atoms with Gasteiger partial charge in [0.15, 0.2) is 5.16 Å². The van der Waals surface area contributed by atoms with Gasteiger partial charge in [0.1, 0.15) is 5.82 Å². The van der Waals surface area contributed by atoms with Crippen molar-refractivity contribution in [1.29, 1.82) is 0 Å². The molecule has 0 bridgehead atoms. The monoisotopic (exact) mass is 279 g/mol. The van der Waals surface area contributed by atoms with Crippen molar-refractivity contribution in [3.05, 3.63) is 42.0 Å². The number of imidazole rings is 1. The minimum Gasteiger partial charge on any atom is -0.329 e. The van der Waals surface area contributed by atoms with Gasteiger partial charge in [-0.15, -0.1) is 0 Å². The molecule has 1 heterocycles. The number of halogens is 1. The highest BCUT2D eigenvalue weighted by Crippen LogP contribution is 2.28. The van der Waals surface area contributed by atoms with Crippen LogP contribution in [0.2, 0.25) is 0 Å². The first-order valence-electron chi connectivity index (χ1n) is 6.29. The van der Waals surface area contributed by atoms with Crippen LogP contribution < -0.4 is 5.73 Å². The molecule has 0 fully saturated rings. The van der Waals surface area contributed by atoms with Gasteiger partial charge in [0.2, 0.25) is 0 Å². The van der Waals surface area contributed by atoms with E-state index in [1.807, 2.05) is 30.8 Å². The smallest absolute Gasteiger partial charge is 0.172 e. The van der Waals surface area contributed by atoms with Crippen molar-refractivity contribution in [3.63, 3.8) is 0 Å². The molecule has 0 saturated carbocycles. The third kappa shape index (κ3) is 3.58. The van der Waals surface area contributed by atoms with Crippen LogP contribution in [0.4, 0.5) is 4.39 Å². The molecule has 102 valence electrons. The van der Waals surface area contributed by atoms with Crippen molar-refractivity contribution in [3.8, 4) is 0 Å². The summed E-state index contributed by atoms with van der Waals surface area (Å²) >= 11 is 1.33. The summed E-state index contributed by atoms with van der Waals surface area (Å²) in [6, 6.07) is 5.39. The number of aromatic nitrogens is 2. The van der Waals surface area contributed by atoms with Crippen LogP contribution >= 0.6 is 11.8 Å². The second kappa shape index (κ2) is 6.21. The zero-order valence-corrected chi connectivity index (χ0v) is 12.0. The Morgan fingerprint density at radius 1 is 1.47 bits per heavy atom. The molecule has 2 N–H and O–H groups in total. The largest absolute Gasteiger partial charge is 0.329 e. The molecule has 1 atom stereocenters. The van der Waals surface area contributed by atoms with E-state index in [1.54, 1.807) is 18.3 Å². The van der Waals surface area contributed by atoms with Crippen molar-refractivity contribution in [1.82, 2.24) is 9.55 Å². The summed E-state index contributed by atoms with van der Waals surface area (Å²) in [6.07, 6.45) is 5.15. The van der Waals surface area contributed by atoms with Crippen LogP contribution in [0.15, 0.2) is 40.6 Å². The van der Waals surface area contributed by atoms with Crippen LogP contribution in [0.1, 0.15) is 18.9 Å². The molecule has 0 aliphatic heterocycles. The second-order valence-corrected chi connectivity index (χ2v) is 5.57. The summed E-state index contributed by atoms with van der Waals surface area (Å²) < 4.78 is 15.9. The molecular weight excluding hydrogens is 261 g/mol. The third-order valence-corrected chi connectivity index (χ3v) is 4.12. The minimum atomic E-state index is -0.214.